The highest BCUT2D eigenvalue weighted by Crippen LogP contribution is 2.29. The van der Waals surface area contributed by atoms with Crippen LogP contribution in [0.2, 0.25) is 5.02 Å². The summed E-state index contributed by atoms with van der Waals surface area (Å²) in [6.07, 6.45) is 0. The van der Waals surface area contributed by atoms with Gasteiger partial charge in [0.2, 0.25) is 0 Å². The molecule has 0 bridgehead atoms. The standard InChI is InChI=1S/C23H25ClN2O/c1-27-23-11-8-19(21-4-2-3-5-22(21)23)17-26-14-12-25(13-15-26)16-18-6-9-20(24)10-7-18/h2-11H,12-17H2,1H3. The van der Waals surface area contributed by atoms with Crippen molar-refractivity contribution < 1.29 is 4.74 Å². The van der Waals surface area contributed by atoms with Crippen molar-refractivity contribution in [1.29, 1.82) is 0 Å². The minimum Gasteiger partial charge on any atom is -0.496 e. The Morgan fingerprint density at radius 3 is 2.07 bits per heavy atom. The summed E-state index contributed by atoms with van der Waals surface area (Å²) in [6, 6.07) is 21.0. The molecule has 0 N–H and O–H groups in total. The zero-order chi connectivity index (χ0) is 18.6. The Morgan fingerprint density at radius 2 is 1.41 bits per heavy atom. The normalized spacial score (nSPS) is 15.9. The number of piperazine rings is 1. The number of fused-ring (bicyclic) bond motifs is 1. The average molecular weight is 381 g/mol. The largest absolute Gasteiger partial charge is 0.496 e. The third kappa shape index (κ3) is 4.27. The van der Waals surface area contributed by atoms with Gasteiger partial charge in [-0.2, -0.15) is 0 Å². The summed E-state index contributed by atoms with van der Waals surface area (Å²) >= 11 is 5.98. The van der Waals surface area contributed by atoms with E-state index in [9.17, 15) is 0 Å². The molecule has 140 valence electrons. The molecule has 0 unspecified atom stereocenters. The fourth-order valence-electron chi connectivity index (χ4n) is 3.84. The van der Waals surface area contributed by atoms with Gasteiger partial charge in [0.05, 0.1) is 7.11 Å². The maximum atomic E-state index is 5.98. The van der Waals surface area contributed by atoms with Crippen LogP contribution in [0.1, 0.15) is 11.1 Å². The van der Waals surface area contributed by atoms with E-state index in [0.717, 1.165) is 50.0 Å². The Hall–Kier alpha value is -2.07. The van der Waals surface area contributed by atoms with E-state index in [0.29, 0.717) is 0 Å². The summed E-state index contributed by atoms with van der Waals surface area (Å²) in [5.74, 6) is 0.946. The Balaban J connectivity index is 1.39. The Morgan fingerprint density at radius 1 is 0.778 bits per heavy atom. The fraction of sp³-hybridized carbons (Fsp3) is 0.304. The van der Waals surface area contributed by atoms with Crippen molar-refractivity contribution in [1.82, 2.24) is 9.80 Å². The van der Waals surface area contributed by atoms with E-state index < -0.39 is 0 Å². The molecule has 1 saturated heterocycles. The van der Waals surface area contributed by atoms with Crippen molar-refractivity contribution in [2.45, 2.75) is 13.1 Å². The molecule has 1 aliphatic heterocycles. The van der Waals surface area contributed by atoms with Gasteiger partial charge in [0, 0.05) is 49.7 Å². The van der Waals surface area contributed by atoms with Gasteiger partial charge in [-0.15, -0.1) is 0 Å². The summed E-state index contributed by atoms with van der Waals surface area (Å²) in [7, 11) is 1.74. The first-order valence-electron chi connectivity index (χ1n) is 9.47. The third-order valence-corrected chi connectivity index (χ3v) is 5.62. The van der Waals surface area contributed by atoms with Crippen molar-refractivity contribution in [2.75, 3.05) is 33.3 Å². The molecule has 0 saturated carbocycles. The number of hydrogen-bond acceptors (Lipinski definition) is 3. The topological polar surface area (TPSA) is 15.7 Å². The van der Waals surface area contributed by atoms with Gasteiger partial charge in [0.25, 0.3) is 0 Å². The molecule has 0 spiro atoms. The van der Waals surface area contributed by atoms with Crippen molar-refractivity contribution in [3.8, 4) is 5.75 Å². The van der Waals surface area contributed by atoms with Crippen LogP contribution >= 0.6 is 11.6 Å². The second-order valence-electron chi connectivity index (χ2n) is 7.15. The molecule has 4 rings (SSSR count). The first-order valence-corrected chi connectivity index (χ1v) is 9.84. The van der Waals surface area contributed by atoms with Crippen LogP contribution in [0.5, 0.6) is 5.75 Å². The van der Waals surface area contributed by atoms with Crippen LogP contribution in [0.4, 0.5) is 0 Å². The second kappa shape index (κ2) is 8.30. The van der Waals surface area contributed by atoms with E-state index in [-0.39, 0.29) is 0 Å². The predicted octanol–water partition coefficient (Wildman–Crippen LogP) is 4.82. The second-order valence-corrected chi connectivity index (χ2v) is 7.59. The van der Waals surface area contributed by atoms with E-state index in [4.69, 9.17) is 16.3 Å². The van der Waals surface area contributed by atoms with E-state index in [1.54, 1.807) is 7.11 Å². The van der Waals surface area contributed by atoms with Crippen LogP contribution in [0, 0.1) is 0 Å². The van der Waals surface area contributed by atoms with Crippen LogP contribution < -0.4 is 4.74 Å². The maximum absolute atomic E-state index is 5.98. The molecule has 0 radical (unpaired) electrons. The first-order chi connectivity index (χ1) is 13.2. The summed E-state index contributed by atoms with van der Waals surface area (Å²) in [5, 5.41) is 3.29. The Bertz CT molecular complexity index is 902. The number of nitrogens with zero attached hydrogens (tertiary/aromatic N) is 2. The third-order valence-electron chi connectivity index (χ3n) is 5.37. The van der Waals surface area contributed by atoms with Gasteiger partial charge in [-0.1, -0.05) is 54.1 Å². The van der Waals surface area contributed by atoms with Gasteiger partial charge in [0.15, 0.2) is 0 Å². The number of benzene rings is 3. The molecule has 0 aliphatic carbocycles. The summed E-state index contributed by atoms with van der Waals surface area (Å²) in [5.41, 5.74) is 2.70. The highest BCUT2D eigenvalue weighted by atomic mass is 35.5. The van der Waals surface area contributed by atoms with Crippen molar-refractivity contribution in [3.05, 3.63) is 76.8 Å². The predicted molar refractivity (Wildman–Crippen MR) is 113 cm³/mol. The lowest BCUT2D eigenvalue weighted by Crippen LogP contribution is -2.45. The molecule has 3 aromatic carbocycles. The van der Waals surface area contributed by atoms with Crippen LogP contribution in [-0.4, -0.2) is 43.1 Å². The molecule has 3 aromatic rings. The quantitative estimate of drug-likeness (QED) is 0.631. The minimum atomic E-state index is 0.801. The summed E-state index contributed by atoms with van der Waals surface area (Å²) in [6.45, 7) is 6.35. The van der Waals surface area contributed by atoms with Crippen LogP contribution in [0.25, 0.3) is 10.8 Å². The number of halogens is 1. The van der Waals surface area contributed by atoms with Crippen LogP contribution in [0.3, 0.4) is 0 Å². The van der Waals surface area contributed by atoms with Gasteiger partial charge in [-0.05, 0) is 34.7 Å². The zero-order valence-electron chi connectivity index (χ0n) is 15.7. The number of ether oxygens (including phenoxy) is 1. The highest BCUT2D eigenvalue weighted by Gasteiger charge is 2.18. The van der Waals surface area contributed by atoms with Gasteiger partial charge >= 0.3 is 0 Å². The summed E-state index contributed by atoms with van der Waals surface area (Å²) < 4.78 is 5.52. The highest BCUT2D eigenvalue weighted by molar-refractivity contribution is 6.30. The lowest BCUT2D eigenvalue weighted by Gasteiger charge is -2.35. The monoisotopic (exact) mass is 380 g/mol. The molecular weight excluding hydrogens is 356 g/mol. The SMILES string of the molecule is COc1ccc(CN2CCN(Cc3ccc(Cl)cc3)CC2)c2ccccc12. The minimum absolute atomic E-state index is 0.801. The maximum Gasteiger partial charge on any atom is 0.126 e. The molecule has 0 aromatic heterocycles. The molecular formula is C23H25ClN2O. The molecule has 0 amide bonds. The van der Waals surface area contributed by atoms with Crippen LogP contribution in [-0.2, 0) is 13.1 Å². The summed E-state index contributed by atoms with van der Waals surface area (Å²) in [4.78, 5) is 5.07. The molecule has 3 nitrogen and oxygen atoms in total. The van der Waals surface area contributed by atoms with Gasteiger partial charge < -0.3 is 4.74 Å². The fourth-order valence-corrected chi connectivity index (χ4v) is 3.97. The lowest BCUT2D eigenvalue weighted by atomic mass is 10.0. The van der Waals surface area contributed by atoms with Gasteiger partial charge in [0.1, 0.15) is 5.75 Å². The van der Waals surface area contributed by atoms with E-state index in [1.165, 1.54) is 21.9 Å². The van der Waals surface area contributed by atoms with Crippen molar-refractivity contribution >= 4 is 22.4 Å². The Labute approximate surface area is 166 Å². The van der Waals surface area contributed by atoms with E-state index in [2.05, 4.69) is 58.3 Å². The van der Waals surface area contributed by atoms with Crippen LogP contribution in [0.15, 0.2) is 60.7 Å². The molecule has 1 heterocycles. The molecule has 1 fully saturated rings. The van der Waals surface area contributed by atoms with Crippen molar-refractivity contribution in [2.24, 2.45) is 0 Å². The zero-order valence-corrected chi connectivity index (χ0v) is 16.5. The van der Waals surface area contributed by atoms with E-state index >= 15 is 0 Å². The van der Waals surface area contributed by atoms with Gasteiger partial charge in [-0.3, -0.25) is 9.80 Å². The molecule has 4 heteroatoms. The Kier molecular flexibility index (Phi) is 5.63. The molecule has 1 aliphatic rings. The first kappa shape index (κ1) is 18.3. The van der Waals surface area contributed by atoms with E-state index in [1.807, 2.05) is 12.1 Å². The number of hydrogen-bond donors (Lipinski definition) is 0. The smallest absolute Gasteiger partial charge is 0.126 e. The lowest BCUT2D eigenvalue weighted by molar-refractivity contribution is 0.122. The van der Waals surface area contributed by atoms with Crippen molar-refractivity contribution in [3.63, 3.8) is 0 Å². The average Bonchev–Trinajstić information content (AvgIpc) is 2.71. The number of methoxy groups -OCH3 is 1. The number of rotatable bonds is 5. The molecule has 0 atom stereocenters. The molecule has 27 heavy (non-hydrogen) atoms. The van der Waals surface area contributed by atoms with Gasteiger partial charge in [-0.25, -0.2) is 0 Å².